The van der Waals surface area contributed by atoms with Crippen LogP contribution in [-0.4, -0.2) is 63.0 Å². The summed E-state index contributed by atoms with van der Waals surface area (Å²) in [5, 5.41) is 11.0. The first-order valence-corrected chi connectivity index (χ1v) is 14.3. The molecule has 0 atom stereocenters. The summed E-state index contributed by atoms with van der Waals surface area (Å²) >= 11 is 0. The number of unbranched alkanes of at least 4 members (excludes halogenated alkanes) is 5. The molecule has 0 fully saturated rings. The molecule has 0 aliphatic heterocycles. The van der Waals surface area contributed by atoms with Crippen LogP contribution >= 0.6 is 0 Å². The molecule has 6 N–H and O–H groups in total. The van der Waals surface area contributed by atoms with Gasteiger partial charge in [0.1, 0.15) is 13.2 Å². The zero-order chi connectivity index (χ0) is 29.1. The van der Waals surface area contributed by atoms with E-state index in [0.29, 0.717) is 25.3 Å². The zero-order valence-corrected chi connectivity index (χ0v) is 24.2. The third-order valence-corrected chi connectivity index (χ3v) is 5.51. The van der Waals surface area contributed by atoms with Crippen LogP contribution in [0.1, 0.15) is 84.1 Å². The van der Waals surface area contributed by atoms with Crippen LogP contribution in [0.15, 0.2) is 24.3 Å². The van der Waals surface area contributed by atoms with Crippen LogP contribution in [0.25, 0.3) is 0 Å². The number of benzene rings is 1. The van der Waals surface area contributed by atoms with Gasteiger partial charge in [0.15, 0.2) is 0 Å². The Labute approximate surface area is 234 Å². The molecule has 4 amide bonds. The molecule has 0 aliphatic carbocycles. The first kappa shape index (κ1) is 36.0. The fraction of sp³-hybridized carbons (Fsp3) is 0.655. The lowest BCUT2D eigenvalue weighted by atomic mass is 10.1. The number of nitrogens with two attached hydrogens (primary N) is 1. The summed E-state index contributed by atoms with van der Waals surface area (Å²) in [5.74, 6) is -0.843. The van der Waals surface area contributed by atoms with E-state index < -0.39 is 0 Å². The van der Waals surface area contributed by atoms with Gasteiger partial charge in [0, 0.05) is 31.7 Å². The maximum absolute atomic E-state index is 12.1. The summed E-state index contributed by atoms with van der Waals surface area (Å²) in [6.45, 7) is 8.35. The average molecular weight is 550 g/mol. The molecule has 0 saturated carbocycles. The molecular formula is C29H51N5O5. The van der Waals surface area contributed by atoms with Crippen molar-refractivity contribution in [3.8, 4) is 0 Å². The molecule has 0 spiro atoms. The first-order chi connectivity index (χ1) is 18.9. The van der Waals surface area contributed by atoms with E-state index in [4.69, 9.17) is 10.5 Å². The molecule has 1 rings (SSSR count). The van der Waals surface area contributed by atoms with E-state index in [0.717, 1.165) is 44.2 Å². The van der Waals surface area contributed by atoms with Crippen LogP contribution in [0.3, 0.4) is 0 Å². The second-order valence-electron chi connectivity index (χ2n) is 9.27. The highest BCUT2D eigenvalue weighted by Gasteiger charge is 2.08. The highest BCUT2D eigenvalue weighted by atomic mass is 16.5. The number of anilines is 1. The summed E-state index contributed by atoms with van der Waals surface area (Å²) in [5.41, 5.74) is 6.57. The molecule has 0 aromatic heterocycles. The largest absolute Gasteiger partial charge is 0.362 e. The van der Waals surface area contributed by atoms with Crippen molar-refractivity contribution in [2.45, 2.75) is 85.0 Å². The second kappa shape index (κ2) is 25.3. The van der Waals surface area contributed by atoms with Gasteiger partial charge in [0.25, 0.3) is 0 Å². The van der Waals surface area contributed by atoms with E-state index in [9.17, 15) is 19.2 Å². The molecule has 0 radical (unpaired) electrons. The average Bonchev–Trinajstić information content (AvgIpc) is 2.91. The molecule has 0 saturated heterocycles. The zero-order valence-electron chi connectivity index (χ0n) is 24.2. The van der Waals surface area contributed by atoms with Gasteiger partial charge in [0.2, 0.25) is 23.6 Å². The predicted molar refractivity (Wildman–Crippen MR) is 156 cm³/mol. The summed E-state index contributed by atoms with van der Waals surface area (Å²) < 4.78 is 5.12. The highest BCUT2D eigenvalue weighted by molar-refractivity contribution is 5.92. The minimum Gasteiger partial charge on any atom is -0.362 e. The van der Waals surface area contributed by atoms with Gasteiger partial charge in [-0.2, -0.15) is 0 Å². The van der Waals surface area contributed by atoms with Gasteiger partial charge in [-0.05, 0) is 43.5 Å². The molecule has 222 valence electrons. The number of carbonyl (C=O) groups excluding carboxylic acids is 4. The monoisotopic (exact) mass is 549 g/mol. The van der Waals surface area contributed by atoms with E-state index >= 15 is 0 Å². The maximum atomic E-state index is 12.1. The van der Waals surface area contributed by atoms with Crippen LogP contribution in [0.2, 0.25) is 0 Å². The van der Waals surface area contributed by atoms with Gasteiger partial charge in [-0.1, -0.05) is 65.0 Å². The lowest BCUT2D eigenvalue weighted by Gasteiger charge is -2.09. The standard InChI is InChI=1S/C24H38N4O5.C5H13N/c1-3-5-7-14-25-21(29)12-15-27-22(30)16-19-8-10-20(11-9-19)28-24(32)18-33-17-23(31)26-13-6-4-2;1-2-3-4-5-6/h8-11H,3-7,12-18H2,1-2H3,(H,25,29)(H,26,31)(H,27,30)(H,28,32);2-6H2,1H3. The topological polar surface area (TPSA) is 152 Å². The van der Waals surface area contributed by atoms with E-state index in [1.54, 1.807) is 24.3 Å². The Morgan fingerprint density at radius 2 is 1.23 bits per heavy atom. The van der Waals surface area contributed by atoms with Gasteiger partial charge < -0.3 is 31.7 Å². The predicted octanol–water partition coefficient (Wildman–Crippen LogP) is 3.05. The number of rotatable bonds is 20. The number of hydrogen-bond acceptors (Lipinski definition) is 6. The molecule has 0 aliphatic rings. The lowest BCUT2D eigenvalue weighted by Crippen LogP contribution is -2.31. The van der Waals surface area contributed by atoms with Crippen LogP contribution in [0.5, 0.6) is 0 Å². The van der Waals surface area contributed by atoms with Gasteiger partial charge in [-0.25, -0.2) is 0 Å². The van der Waals surface area contributed by atoms with E-state index in [2.05, 4.69) is 35.1 Å². The van der Waals surface area contributed by atoms with E-state index in [-0.39, 0.29) is 49.7 Å². The Kier molecular flexibility index (Phi) is 23.4. The Bertz CT molecular complexity index is 798. The van der Waals surface area contributed by atoms with Crippen LogP contribution in [0.4, 0.5) is 5.69 Å². The van der Waals surface area contributed by atoms with Crippen molar-refractivity contribution in [3.05, 3.63) is 29.8 Å². The maximum Gasteiger partial charge on any atom is 0.250 e. The normalized spacial score (nSPS) is 10.2. The molecule has 10 heteroatoms. The summed E-state index contributed by atoms with van der Waals surface area (Å²) in [4.78, 5) is 47.2. The van der Waals surface area contributed by atoms with Gasteiger partial charge in [-0.3, -0.25) is 19.2 Å². The van der Waals surface area contributed by atoms with Crippen molar-refractivity contribution < 1.29 is 23.9 Å². The number of ether oxygens (including phenoxy) is 1. The number of nitrogens with one attached hydrogen (secondary N) is 4. The fourth-order valence-corrected chi connectivity index (χ4v) is 3.24. The number of amides is 4. The highest BCUT2D eigenvalue weighted by Crippen LogP contribution is 2.10. The van der Waals surface area contributed by atoms with E-state index in [1.165, 1.54) is 19.3 Å². The second-order valence-corrected chi connectivity index (χ2v) is 9.27. The molecule has 0 bridgehead atoms. The molecule has 39 heavy (non-hydrogen) atoms. The molecule has 0 heterocycles. The summed E-state index contributed by atoms with van der Waals surface area (Å²) in [7, 11) is 0. The first-order valence-electron chi connectivity index (χ1n) is 14.3. The fourth-order valence-electron chi connectivity index (χ4n) is 3.24. The molecular weight excluding hydrogens is 498 g/mol. The van der Waals surface area contributed by atoms with Crippen molar-refractivity contribution in [2.24, 2.45) is 5.73 Å². The number of carbonyl (C=O) groups is 4. The van der Waals surface area contributed by atoms with Crippen LogP contribution in [0, 0.1) is 0 Å². The van der Waals surface area contributed by atoms with Crippen molar-refractivity contribution >= 4 is 29.3 Å². The molecule has 1 aromatic rings. The van der Waals surface area contributed by atoms with Crippen molar-refractivity contribution in [1.82, 2.24) is 16.0 Å². The van der Waals surface area contributed by atoms with Crippen molar-refractivity contribution in [3.63, 3.8) is 0 Å². The van der Waals surface area contributed by atoms with Crippen molar-refractivity contribution in [2.75, 3.05) is 44.7 Å². The van der Waals surface area contributed by atoms with Gasteiger partial charge >= 0.3 is 0 Å². The molecule has 1 aromatic carbocycles. The third-order valence-electron chi connectivity index (χ3n) is 5.51. The van der Waals surface area contributed by atoms with Crippen LogP contribution in [-0.2, 0) is 30.3 Å². The van der Waals surface area contributed by atoms with Gasteiger partial charge in [-0.15, -0.1) is 0 Å². The Balaban J connectivity index is 0.00000215. The Morgan fingerprint density at radius 3 is 1.85 bits per heavy atom. The summed E-state index contributed by atoms with van der Waals surface area (Å²) in [6, 6.07) is 6.89. The minimum absolute atomic E-state index is 0.0624. The van der Waals surface area contributed by atoms with Crippen molar-refractivity contribution in [1.29, 1.82) is 0 Å². The van der Waals surface area contributed by atoms with Gasteiger partial charge in [0.05, 0.1) is 6.42 Å². The Hall–Kier alpha value is -2.98. The van der Waals surface area contributed by atoms with Crippen LogP contribution < -0.4 is 27.0 Å². The molecule has 0 unspecified atom stereocenters. The minimum atomic E-state index is -0.366. The van der Waals surface area contributed by atoms with E-state index in [1.807, 2.05) is 6.92 Å². The SMILES string of the molecule is CCCCCN.CCCCCNC(=O)CCNC(=O)Cc1ccc(NC(=O)COCC(=O)NCCCC)cc1. The quantitative estimate of drug-likeness (QED) is 0.158. The smallest absolute Gasteiger partial charge is 0.250 e. The third kappa shape index (κ3) is 22.7. The molecule has 10 nitrogen and oxygen atoms in total. The lowest BCUT2D eigenvalue weighted by molar-refractivity contribution is -0.129. The number of hydrogen-bond donors (Lipinski definition) is 5. The summed E-state index contributed by atoms with van der Waals surface area (Å²) in [6.07, 6.45) is 9.25. The Morgan fingerprint density at radius 1 is 0.667 bits per heavy atom.